The summed E-state index contributed by atoms with van der Waals surface area (Å²) in [6.45, 7) is 6.10. The first kappa shape index (κ1) is 16.2. The van der Waals surface area contributed by atoms with Gasteiger partial charge in [-0.25, -0.2) is 0 Å². The predicted molar refractivity (Wildman–Crippen MR) is 79.5 cm³/mol. The van der Waals surface area contributed by atoms with Gasteiger partial charge in [-0.3, -0.25) is 9.59 Å². The van der Waals surface area contributed by atoms with Crippen LogP contribution < -0.4 is 11.1 Å². The van der Waals surface area contributed by atoms with Crippen molar-refractivity contribution < 1.29 is 14.3 Å². The highest BCUT2D eigenvalue weighted by Crippen LogP contribution is 2.28. The number of carbonyl (C=O) groups excluding carboxylic acids is 2. The summed E-state index contributed by atoms with van der Waals surface area (Å²) in [5, 5.41) is 2.67. The molecule has 1 unspecified atom stereocenters. The summed E-state index contributed by atoms with van der Waals surface area (Å²) in [7, 11) is 0. The molecule has 1 aliphatic heterocycles. The number of nitrogens with one attached hydrogen (secondary N) is 1. The van der Waals surface area contributed by atoms with E-state index < -0.39 is 6.04 Å². The molecule has 6 heteroatoms. The van der Waals surface area contributed by atoms with Gasteiger partial charge in [-0.2, -0.15) is 0 Å². The summed E-state index contributed by atoms with van der Waals surface area (Å²) in [5.74, 6) is 0.241. The number of carbonyl (C=O) groups is 2. The van der Waals surface area contributed by atoms with Gasteiger partial charge in [0.05, 0.1) is 19.2 Å². The van der Waals surface area contributed by atoms with Gasteiger partial charge in [-0.05, 0) is 25.2 Å². The molecule has 2 atom stereocenters. The van der Waals surface area contributed by atoms with E-state index >= 15 is 0 Å². The second-order valence-electron chi connectivity index (χ2n) is 6.49. The Hall–Kier alpha value is -1.14. The number of hydrogen-bond donors (Lipinski definition) is 2. The van der Waals surface area contributed by atoms with Crippen molar-refractivity contribution in [1.82, 2.24) is 10.2 Å². The van der Waals surface area contributed by atoms with Crippen LogP contribution in [0.3, 0.4) is 0 Å². The summed E-state index contributed by atoms with van der Waals surface area (Å²) >= 11 is 0. The van der Waals surface area contributed by atoms with Gasteiger partial charge in [-0.1, -0.05) is 13.8 Å². The molecule has 1 heterocycles. The highest BCUT2D eigenvalue weighted by atomic mass is 16.5. The summed E-state index contributed by atoms with van der Waals surface area (Å²) in [5.41, 5.74) is 5.77. The largest absolute Gasteiger partial charge is 0.381 e. The molecule has 2 aliphatic rings. The minimum absolute atomic E-state index is 0.00583. The molecule has 1 aliphatic carbocycles. The van der Waals surface area contributed by atoms with Crippen LogP contribution in [0.5, 0.6) is 0 Å². The molecule has 0 aromatic rings. The van der Waals surface area contributed by atoms with E-state index in [0.717, 1.165) is 39.0 Å². The van der Waals surface area contributed by atoms with Gasteiger partial charge in [0, 0.05) is 25.1 Å². The Bertz CT molecular complexity index is 376. The number of ether oxygens (including phenoxy) is 1. The van der Waals surface area contributed by atoms with E-state index in [1.165, 1.54) is 0 Å². The number of nitrogens with two attached hydrogens (primary N) is 1. The van der Waals surface area contributed by atoms with E-state index in [1.807, 2.05) is 18.7 Å². The lowest BCUT2D eigenvalue weighted by atomic mass is 10.1. The van der Waals surface area contributed by atoms with Crippen LogP contribution in [-0.2, 0) is 14.3 Å². The fourth-order valence-corrected chi connectivity index (χ4v) is 2.53. The minimum atomic E-state index is -0.560. The van der Waals surface area contributed by atoms with Crippen molar-refractivity contribution in [3.05, 3.63) is 0 Å². The summed E-state index contributed by atoms with van der Waals surface area (Å²) in [6.07, 6.45) is 3.15. The molecule has 6 nitrogen and oxygen atoms in total. The molecule has 1 saturated carbocycles. The second-order valence-corrected chi connectivity index (χ2v) is 6.49. The fraction of sp³-hybridized carbons (Fsp3) is 0.867. The monoisotopic (exact) mass is 297 g/mol. The number of nitrogens with zero attached hydrogens (tertiary/aromatic N) is 1. The molecule has 2 fully saturated rings. The molecule has 120 valence electrons. The van der Waals surface area contributed by atoms with Crippen LogP contribution in [0.25, 0.3) is 0 Å². The van der Waals surface area contributed by atoms with Crippen molar-refractivity contribution >= 4 is 11.8 Å². The Kier molecular flexibility index (Phi) is 5.58. The second kappa shape index (κ2) is 7.22. The quantitative estimate of drug-likeness (QED) is 0.699. The molecule has 2 rings (SSSR count). The SMILES string of the molecule is CC(C)[C@H](N)C(=O)NCC(=O)N(CC1CCOC1)C1CC1. The first-order chi connectivity index (χ1) is 9.99. The van der Waals surface area contributed by atoms with Crippen molar-refractivity contribution in [2.45, 2.75) is 45.2 Å². The molecule has 0 aromatic carbocycles. The number of amides is 2. The van der Waals surface area contributed by atoms with Crippen molar-refractivity contribution in [1.29, 1.82) is 0 Å². The van der Waals surface area contributed by atoms with E-state index in [1.54, 1.807) is 0 Å². The van der Waals surface area contributed by atoms with Gasteiger partial charge in [-0.15, -0.1) is 0 Å². The first-order valence-corrected chi connectivity index (χ1v) is 7.89. The van der Waals surface area contributed by atoms with E-state index in [9.17, 15) is 9.59 Å². The molecule has 0 radical (unpaired) electrons. The van der Waals surface area contributed by atoms with Crippen LogP contribution in [0.4, 0.5) is 0 Å². The summed E-state index contributed by atoms with van der Waals surface area (Å²) < 4.78 is 5.37. The maximum Gasteiger partial charge on any atom is 0.242 e. The highest BCUT2D eigenvalue weighted by molar-refractivity contribution is 5.87. The Morgan fingerprint density at radius 2 is 2.05 bits per heavy atom. The zero-order chi connectivity index (χ0) is 15.4. The van der Waals surface area contributed by atoms with Gasteiger partial charge in [0.2, 0.25) is 11.8 Å². The lowest BCUT2D eigenvalue weighted by Crippen LogP contribution is -2.49. The summed E-state index contributed by atoms with van der Waals surface area (Å²) in [4.78, 5) is 26.1. The Morgan fingerprint density at radius 1 is 1.33 bits per heavy atom. The average Bonchev–Trinajstić information content (AvgIpc) is 3.17. The smallest absolute Gasteiger partial charge is 0.242 e. The standard InChI is InChI=1S/C15H27N3O3/c1-10(2)14(16)15(20)17-7-13(19)18(12-3-4-12)8-11-5-6-21-9-11/h10-12,14H,3-9,16H2,1-2H3,(H,17,20)/t11?,14-/m0/s1. The van der Waals surface area contributed by atoms with Crippen LogP contribution in [0.1, 0.15) is 33.1 Å². The van der Waals surface area contributed by atoms with Crippen LogP contribution in [0, 0.1) is 11.8 Å². The third kappa shape index (κ3) is 4.68. The third-order valence-corrected chi connectivity index (χ3v) is 4.22. The molecule has 2 amide bonds. The van der Waals surface area contributed by atoms with Gasteiger partial charge in [0.1, 0.15) is 0 Å². The Morgan fingerprint density at radius 3 is 2.57 bits per heavy atom. The van der Waals surface area contributed by atoms with E-state index in [2.05, 4.69) is 5.32 Å². The van der Waals surface area contributed by atoms with Crippen molar-refractivity contribution in [2.24, 2.45) is 17.6 Å². The van der Waals surface area contributed by atoms with Crippen molar-refractivity contribution in [3.8, 4) is 0 Å². The van der Waals surface area contributed by atoms with Gasteiger partial charge < -0.3 is 20.7 Å². The van der Waals surface area contributed by atoms with Gasteiger partial charge >= 0.3 is 0 Å². The van der Waals surface area contributed by atoms with Gasteiger partial charge in [0.25, 0.3) is 0 Å². The van der Waals surface area contributed by atoms with E-state index in [-0.39, 0.29) is 24.3 Å². The summed E-state index contributed by atoms with van der Waals surface area (Å²) in [6, 6.07) is -0.204. The van der Waals surface area contributed by atoms with Gasteiger partial charge in [0.15, 0.2) is 0 Å². The predicted octanol–water partition coefficient (Wildman–Crippen LogP) is 0.113. The highest BCUT2D eigenvalue weighted by Gasteiger charge is 2.34. The molecule has 3 N–H and O–H groups in total. The van der Waals surface area contributed by atoms with Crippen molar-refractivity contribution in [3.63, 3.8) is 0 Å². The zero-order valence-electron chi connectivity index (χ0n) is 13.0. The van der Waals surface area contributed by atoms with Crippen molar-refractivity contribution in [2.75, 3.05) is 26.3 Å². The maximum absolute atomic E-state index is 12.3. The molecule has 0 aromatic heterocycles. The van der Waals surface area contributed by atoms with Crippen LogP contribution in [0.2, 0.25) is 0 Å². The Balaban J connectivity index is 1.80. The van der Waals surface area contributed by atoms with E-state index in [0.29, 0.717) is 12.0 Å². The molecule has 0 bridgehead atoms. The molecule has 0 spiro atoms. The molecular weight excluding hydrogens is 270 g/mol. The molecule has 1 saturated heterocycles. The van der Waals surface area contributed by atoms with Crippen LogP contribution in [0.15, 0.2) is 0 Å². The fourth-order valence-electron chi connectivity index (χ4n) is 2.53. The number of hydrogen-bond acceptors (Lipinski definition) is 4. The minimum Gasteiger partial charge on any atom is -0.381 e. The molecular formula is C15H27N3O3. The van der Waals surface area contributed by atoms with Crippen LogP contribution in [-0.4, -0.2) is 55.1 Å². The van der Waals surface area contributed by atoms with Crippen LogP contribution >= 0.6 is 0 Å². The lowest BCUT2D eigenvalue weighted by molar-refractivity contribution is -0.134. The first-order valence-electron chi connectivity index (χ1n) is 7.89. The normalized spacial score (nSPS) is 23.1. The zero-order valence-corrected chi connectivity index (χ0v) is 13.0. The maximum atomic E-state index is 12.3. The third-order valence-electron chi connectivity index (χ3n) is 4.22. The average molecular weight is 297 g/mol. The molecule has 21 heavy (non-hydrogen) atoms. The lowest BCUT2D eigenvalue weighted by Gasteiger charge is -2.25. The van der Waals surface area contributed by atoms with E-state index in [4.69, 9.17) is 10.5 Å². The number of rotatable bonds is 7. The Labute approximate surface area is 126 Å². The topological polar surface area (TPSA) is 84.7 Å².